The van der Waals surface area contributed by atoms with Crippen molar-refractivity contribution in [2.24, 2.45) is 5.92 Å². The van der Waals surface area contributed by atoms with Gasteiger partial charge in [0.1, 0.15) is 13.2 Å². The number of likely N-dealkylation sites (tertiary alicyclic amines) is 2. The maximum absolute atomic E-state index is 12.7. The molecule has 4 rings (SSSR count). The Morgan fingerprint density at radius 3 is 2.76 bits per heavy atom. The van der Waals surface area contributed by atoms with Gasteiger partial charge in [-0.3, -0.25) is 9.69 Å². The number of nitrogens with zero attached hydrogens (tertiary/aromatic N) is 2. The molecule has 136 valence electrons. The average Bonchev–Trinajstić information content (AvgIpc) is 3.09. The van der Waals surface area contributed by atoms with Crippen molar-refractivity contribution in [2.75, 3.05) is 39.4 Å². The molecule has 0 bridgehead atoms. The lowest BCUT2D eigenvalue weighted by atomic mass is 10.00. The summed E-state index contributed by atoms with van der Waals surface area (Å²) < 4.78 is 11.4. The molecule has 3 heterocycles. The normalized spacial score (nSPS) is 26.7. The summed E-state index contributed by atoms with van der Waals surface area (Å²) in [7, 11) is 0. The summed E-state index contributed by atoms with van der Waals surface area (Å²) in [5.41, 5.74) is 1.24. The van der Waals surface area contributed by atoms with E-state index in [2.05, 4.69) is 28.9 Å². The molecule has 2 saturated heterocycles. The second-order valence-electron chi connectivity index (χ2n) is 7.62. The molecule has 1 aromatic carbocycles. The molecule has 0 aliphatic carbocycles. The van der Waals surface area contributed by atoms with Gasteiger partial charge in [-0.1, -0.05) is 13.0 Å². The van der Waals surface area contributed by atoms with Crippen molar-refractivity contribution in [2.45, 2.75) is 38.6 Å². The number of hydrogen-bond acceptors (Lipinski definition) is 4. The van der Waals surface area contributed by atoms with E-state index < -0.39 is 0 Å². The highest BCUT2D eigenvalue weighted by atomic mass is 16.6. The number of piperidine rings is 1. The van der Waals surface area contributed by atoms with Gasteiger partial charge in [0.25, 0.3) is 0 Å². The molecule has 5 nitrogen and oxygen atoms in total. The van der Waals surface area contributed by atoms with Crippen molar-refractivity contribution < 1.29 is 14.3 Å². The molecule has 0 saturated carbocycles. The molecule has 0 spiro atoms. The van der Waals surface area contributed by atoms with Crippen molar-refractivity contribution in [1.82, 2.24) is 9.80 Å². The monoisotopic (exact) mass is 344 g/mol. The SMILES string of the molecule is C[C@H]1CCCN(C(=O)CN2CCC[C@@H]2c2ccc3c(c2)OCCO3)C1. The summed E-state index contributed by atoms with van der Waals surface area (Å²) in [5, 5.41) is 0. The first-order chi connectivity index (χ1) is 12.2. The van der Waals surface area contributed by atoms with Crippen LogP contribution in [0.3, 0.4) is 0 Å². The summed E-state index contributed by atoms with van der Waals surface area (Å²) in [4.78, 5) is 17.2. The predicted octanol–water partition coefficient (Wildman–Crippen LogP) is 2.85. The first-order valence-corrected chi connectivity index (χ1v) is 9.62. The number of ether oxygens (including phenoxy) is 2. The van der Waals surface area contributed by atoms with Crippen LogP contribution in [0.25, 0.3) is 0 Å². The van der Waals surface area contributed by atoms with Crippen LogP contribution >= 0.6 is 0 Å². The lowest BCUT2D eigenvalue weighted by Gasteiger charge is -2.33. The minimum Gasteiger partial charge on any atom is -0.486 e. The topological polar surface area (TPSA) is 42.0 Å². The summed E-state index contributed by atoms with van der Waals surface area (Å²) in [6, 6.07) is 6.55. The highest BCUT2D eigenvalue weighted by Gasteiger charge is 2.31. The molecule has 25 heavy (non-hydrogen) atoms. The van der Waals surface area contributed by atoms with E-state index in [0.717, 1.165) is 50.4 Å². The summed E-state index contributed by atoms with van der Waals surface area (Å²) in [6.45, 7) is 6.83. The Bertz CT molecular complexity index is 633. The molecule has 3 aliphatic heterocycles. The maximum Gasteiger partial charge on any atom is 0.236 e. The lowest BCUT2D eigenvalue weighted by Crippen LogP contribution is -2.44. The molecule has 2 atom stereocenters. The van der Waals surface area contributed by atoms with Gasteiger partial charge in [0.15, 0.2) is 11.5 Å². The Morgan fingerprint density at radius 1 is 1.12 bits per heavy atom. The fourth-order valence-corrected chi connectivity index (χ4v) is 4.35. The number of benzene rings is 1. The van der Waals surface area contributed by atoms with E-state index in [1.807, 2.05) is 6.07 Å². The second kappa shape index (κ2) is 7.24. The maximum atomic E-state index is 12.7. The highest BCUT2D eigenvalue weighted by molar-refractivity contribution is 5.78. The zero-order valence-corrected chi connectivity index (χ0v) is 15.1. The molecular weight excluding hydrogens is 316 g/mol. The molecule has 0 radical (unpaired) electrons. The second-order valence-corrected chi connectivity index (χ2v) is 7.62. The fourth-order valence-electron chi connectivity index (χ4n) is 4.35. The molecule has 2 fully saturated rings. The van der Waals surface area contributed by atoms with Crippen LogP contribution in [0.1, 0.15) is 44.2 Å². The number of rotatable bonds is 3. The average molecular weight is 344 g/mol. The van der Waals surface area contributed by atoms with Crippen molar-refractivity contribution in [1.29, 1.82) is 0 Å². The van der Waals surface area contributed by atoms with Crippen LogP contribution in [0.2, 0.25) is 0 Å². The minimum atomic E-state index is 0.288. The van der Waals surface area contributed by atoms with Crippen molar-refractivity contribution in [3.05, 3.63) is 23.8 Å². The van der Waals surface area contributed by atoms with Crippen LogP contribution in [-0.4, -0.2) is 55.1 Å². The van der Waals surface area contributed by atoms with E-state index in [0.29, 0.717) is 31.7 Å². The van der Waals surface area contributed by atoms with Crippen LogP contribution < -0.4 is 9.47 Å². The first kappa shape index (κ1) is 16.7. The van der Waals surface area contributed by atoms with E-state index in [9.17, 15) is 4.79 Å². The Hall–Kier alpha value is -1.75. The number of carbonyl (C=O) groups is 1. The minimum absolute atomic E-state index is 0.288. The number of hydrogen-bond donors (Lipinski definition) is 0. The number of amides is 1. The van der Waals surface area contributed by atoms with E-state index >= 15 is 0 Å². The number of carbonyl (C=O) groups excluding carboxylic acids is 1. The van der Waals surface area contributed by atoms with E-state index in [4.69, 9.17) is 9.47 Å². The zero-order valence-electron chi connectivity index (χ0n) is 15.1. The van der Waals surface area contributed by atoms with Crippen molar-refractivity contribution in [3.63, 3.8) is 0 Å². The largest absolute Gasteiger partial charge is 0.486 e. The molecular formula is C20H28N2O3. The third-order valence-electron chi connectivity index (χ3n) is 5.66. The molecule has 0 aromatic heterocycles. The van der Waals surface area contributed by atoms with Gasteiger partial charge in [-0.25, -0.2) is 0 Å². The van der Waals surface area contributed by atoms with Crippen molar-refractivity contribution in [3.8, 4) is 11.5 Å². The predicted molar refractivity (Wildman–Crippen MR) is 96.0 cm³/mol. The van der Waals surface area contributed by atoms with E-state index in [1.54, 1.807) is 0 Å². The van der Waals surface area contributed by atoms with Crippen LogP contribution in [0, 0.1) is 5.92 Å². The van der Waals surface area contributed by atoms with Crippen LogP contribution in [-0.2, 0) is 4.79 Å². The third-order valence-corrected chi connectivity index (χ3v) is 5.66. The molecule has 1 amide bonds. The summed E-state index contributed by atoms with van der Waals surface area (Å²) in [5.74, 6) is 2.59. The molecule has 3 aliphatic rings. The molecule has 0 unspecified atom stereocenters. The number of fused-ring (bicyclic) bond motifs is 1. The van der Waals surface area contributed by atoms with Gasteiger partial charge in [-0.2, -0.15) is 0 Å². The third kappa shape index (κ3) is 3.61. The Kier molecular flexibility index (Phi) is 4.84. The fraction of sp³-hybridized carbons (Fsp3) is 0.650. The summed E-state index contributed by atoms with van der Waals surface area (Å²) >= 11 is 0. The van der Waals surface area contributed by atoms with Crippen LogP contribution in [0.15, 0.2) is 18.2 Å². The lowest BCUT2D eigenvalue weighted by molar-refractivity contribution is -0.134. The Labute approximate surface area is 149 Å². The van der Waals surface area contributed by atoms with Gasteiger partial charge in [0, 0.05) is 19.1 Å². The van der Waals surface area contributed by atoms with Gasteiger partial charge in [0.05, 0.1) is 6.54 Å². The zero-order chi connectivity index (χ0) is 17.2. The highest BCUT2D eigenvalue weighted by Crippen LogP contribution is 2.38. The first-order valence-electron chi connectivity index (χ1n) is 9.62. The Balaban J connectivity index is 1.44. The van der Waals surface area contributed by atoms with Crippen LogP contribution in [0.4, 0.5) is 0 Å². The molecule has 0 N–H and O–H groups in total. The van der Waals surface area contributed by atoms with E-state index in [1.165, 1.54) is 12.0 Å². The van der Waals surface area contributed by atoms with Crippen LogP contribution in [0.5, 0.6) is 11.5 Å². The quantitative estimate of drug-likeness (QED) is 0.846. The van der Waals surface area contributed by atoms with Crippen molar-refractivity contribution >= 4 is 5.91 Å². The Morgan fingerprint density at radius 2 is 1.92 bits per heavy atom. The summed E-state index contributed by atoms with van der Waals surface area (Å²) in [6.07, 6.45) is 4.62. The van der Waals surface area contributed by atoms with Gasteiger partial charge >= 0.3 is 0 Å². The van der Waals surface area contributed by atoms with Gasteiger partial charge in [-0.05, 0) is 55.8 Å². The van der Waals surface area contributed by atoms with Gasteiger partial charge in [0.2, 0.25) is 5.91 Å². The van der Waals surface area contributed by atoms with Gasteiger partial charge < -0.3 is 14.4 Å². The van der Waals surface area contributed by atoms with E-state index in [-0.39, 0.29) is 5.91 Å². The molecule has 5 heteroatoms. The smallest absolute Gasteiger partial charge is 0.236 e. The molecule has 1 aromatic rings. The standard InChI is InChI=1S/C20H28N2O3/c1-15-4-2-9-22(13-15)20(23)14-21-8-3-5-17(21)16-6-7-18-19(12-16)25-11-10-24-18/h6-7,12,15,17H,2-5,8-11,13-14H2,1H3/t15-,17+/m0/s1. The van der Waals surface area contributed by atoms with Gasteiger partial charge in [-0.15, -0.1) is 0 Å².